The molecule has 0 aliphatic carbocycles. The fourth-order valence-corrected chi connectivity index (χ4v) is 1.08. The van der Waals surface area contributed by atoms with Gasteiger partial charge in [-0.1, -0.05) is 0 Å². The van der Waals surface area contributed by atoms with Crippen LogP contribution in [0.5, 0.6) is 0 Å². The summed E-state index contributed by atoms with van der Waals surface area (Å²) < 4.78 is 0. The molecule has 0 bridgehead atoms. The van der Waals surface area contributed by atoms with Crippen molar-refractivity contribution in [3.05, 3.63) is 24.0 Å². The van der Waals surface area contributed by atoms with E-state index in [2.05, 4.69) is 10.3 Å². The molecule has 1 rings (SSSR count). The number of anilines is 1. The van der Waals surface area contributed by atoms with Crippen LogP contribution in [0.2, 0.25) is 0 Å². The maximum absolute atomic E-state index is 11.7. The zero-order valence-electron chi connectivity index (χ0n) is 9.86. The molecule has 6 heteroatoms. The van der Waals surface area contributed by atoms with Crippen LogP contribution in [0.4, 0.5) is 5.69 Å². The average molecular weight is 236 g/mol. The van der Waals surface area contributed by atoms with E-state index >= 15 is 0 Å². The molecule has 17 heavy (non-hydrogen) atoms. The molecule has 0 fully saturated rings. The summed E-state index contributed by atoms with van der Waals surface area (Å²) >= 11 is 0. The quantitative estimate of drug-likeness (QED) is 0.678. The van der Waals surface area contributed by atoms with Gasteiger partial charge in [-0.05, 0) is 26.0 Å². The van der Waals surface area contributed by atoms with E-state index < -0.39 is 17.2 Å². The van der Waals surface area contributed by atoms with Crippen molar-refractivity contribution in [2.24, 2.45) is 11.1 Å². The Morgan fingerprint density at radius 2 is 2.12 bits per heavy atom. The van der Waals surface area contributed by atoms with E-state index in [9.17, 15) is 9.59 Å². The van der Waals surface area contributed by atoms with Gasteiger partial charge in [-0.3, -0.25) is 9.59 Å². The second-order valence-corrected chi connectivity index (χ2v) is 4.37. The van der Waals surface area contributed by atoms with Gasteiger partial charge >= 0.3 is 0 Å². The number of primary amides is 1. The van der Waals surface area contributed by atoms with Crippen LogP contribution < -0.4 is 16.8 Å². The first-order valence-corrected chi connectivity index (χ1v) is 5.13. The molecule has 1 aromatic rings. The molecule has 0 aliphatic rings. The van der Waals surface area contributed by atoms with Crippen LogP contribution in [-0.2, 0) is 4.79 Å². The largest absolute Gasteiger partial charge is 0.397 e. The van der Waals surface area contributed by atoms with Gasteiger partial charge in [0.05, 0.1) is 11.1 Å². The predicted molar refractivity (Wildman–Crippen MR) is 64.0 cm³/mol. The molecule has 0 unspecified atom stereocenters. The summed E-state index contributed by atoms with van der Waals surface area (Å²) in [5.74, 6) is -0.899. The fraction of sp³-hybridized carbons (Fsp3) is 0.364. The van der Waals surface area contributed by atoms with Gasteiger partial charge in [0.1, 0.15) is 0 Å². The third kappa shape index (κ3) is 3.17. The highest BCUT2D eigenvalue weighted by Gasteiger charge is 2.26. The molecule has 5 N–H and O–H groups in total. The Balaban J connectivity index is 2.69. The van der Waals surface area contributed by atoms with Crippen LogP contribution >= 0.6 is 0 Å². The second-order valence-electron chi connectivity index (χ2n) is 4.37. The Morgan fingerprint density at radius 3 is 2.65 bits per heavy atom. The maximum Gasteiger partial charge on any atom is 0.272 e. The zero-order chi connectivity index (χ0) is 13.1. The van der Waals surface area contributed by atoms with E-state index in [4.69, 9.17) is 11.5 Å². The molecule has 0 saturated heterocycles. The number of carbonyl (C=O) groups is 2. The summed E-state index contributed by atoms with van der Waals surface area (Å²) in [6.45, 7) is 3.44. The molecule has 6 nitrogen and oxygen atoms in total. The molecule has 0 atom stereocenters. The third-order valence-corrected chi connectivity index (χ3v) is 2.41. The van der Waals surface area contributed by atoms with E-state index in [0.29, 0.717) is 5.69 Å². The number of hydrogen-bond acceptors (Lipinski definition) is 4. The lowest BCUT2D eigenvalue weighted by molar-refractivity contribution is -0.125. The second kappa shape index (κ2) is 4.82. The molecule has 92 valence electrons. The number of hydrogen-bond donors (Lipinski definition) is 3. The number of nitrogen functional groups attached to an aromatic ring is 1. The Labute approximate surface area is 99.4 Å². The van der Waals surface area contributed by atoms with E-state index in [-0.39, 0.29) is 12.2 Å². The molecule has 2 amide bonds. The maximum atomic E-state index is 11.7. The molecular weight excluding hydrogens is 220 g/mol. The van der Waals surface area contributed by atoms with Gasteiger partial charge in [0.15, 0.2) is 5.69 Å². The Bertz CT molecular complexity index is 443. The number of carbonyl (C=O) groups excluding carboxylic acids is 2. The van der Waals surface area contributed by atoms with Crippen molar-refractivity contribution in [1.82, 2.24) is 10.3 Å². The van der Waals surface area contributed by atoms with E-state index in [1.165, 1.54) is 6.20 Å². The fourth-order valence-electron chi connectivity index (χ4n) is 1.08. The lowest BCUT2D eigenvalue weighted by Gasteiger charge is -2.20. The van der Waals surface area contributed by atoms with Crippen molar-refractivity contribution in [1.29, 1.82) is 0 Å². The summed E-state index contributed by atoms with van der Waals surface area (Å²) in [6.07, 6.45) is 1.48. The lowest BCUT2D eigenvalue weighted by Crippen LogP contribution is -2.42. The van der Waals surface area contributed by atoms with Crippen molar-refractivity contribution in [2.45, 2.75) is 13.8 Å². The topological polar surface area (TPSA) is 111 Å². The molecule has 0 aromatic carbocycles. The Morgan fingerprint density at radius 1 is 1.47 bits per heavy atom. The first-order valence-electron chi connectivity index (χ1n) is 5.13. The number of aromatic nitrogens is 1. The summed E-state index contributed by atoms with van der Waals surface area (Å²) in [7, 11) is 0. The Hall–Kier alpha value is -2.11. The normalized spacial score (nSPS) is 10.9. The molecule has 0 saturated carbocycles. The minimum atomic E-state index is -0.806. The molecule has 1 heterocycles. The van der Waals surface area contributed by atoms with Crippen LogP contribution in [-0.4, -0.2) is 23.3 Å². The number of amides is 2. The SMILES string of the molecule is CC(C)(CNC(=O)c1ncccc1N)C(N)=O. The third-order valence-electron chi connectivity index (χ3n) is 2.41. The van der Waals surface area contributed by atoms with Crippen molar-refractivity contribution >= 4 is 17.5 Å². The number of pyridine rings is 1. The number of nitrogens with one attached hydrogen (secondary N) is 1. The first-order chi connectivity index (χ1) is 7.84. The van der Waals surface area contributed by atoms with Crippen molar-refractivity contribution < 1.29 is 9.59 Å². The standard InChI is InChI=1S/C11H16N4O2/c1-11(2,10(13)17)6-15-9(16)8-7(12)4-3-5-14-8/h3-5H,6,12H2,1-2H3,(H2,13,17)(H,15,16). The summed E-state index contributed by atoms with van der Waals surface area (Å²) in [5, 5.41) is 2.58. The highest BCUT2D eigenvalue weighted by Crippen LogP contribution is 2.13. The monoisotopic (exact) mass is 236 g/mol. The Kier molecular flexibility index (Phi) is 3.67. The van der Waals surface area contributed by atoms with E-state index in [1.54, 1.807) is 26.0 Å². The van der Waals surface area contributed by atoms with Crippen LogP contribution in [0.15, 0.2) is 18.3 Å². The number of nitrogens with zero attached hydrogens (tertiary/aromatic N) is 1. The van der Waals surface area contributed by atoms with Gasteiger partial charge in [0.2, 0.25) is 5.91 Å². The van der Waals surface area contributed by atoms with Gasteiger partial charge in [-0.2, -0.15) is 0 Å². The van der Waals surface area contributed by atoms with Crippen LogP contribution in [0, 0.1) is 5.41 Å². The van der Waals surface area contributed by atoms with Gasteiger partial charge in [-0.15, -0.1) is 0 Å². The molecule has 0 aliphatic heterocycles. The van der Waals surface area contributed by atoms with Crippen LogP contribution in [0.3, 0.4) is 0 Å². The van der Waals surface area contributed by atoms with Crippen LogP contribution in [0.25, 0.3) is 0 Å². The molecule has 0 radical (unpaired) electrons. The lowest BCUT2D eigenvalue weighted by atomic mass is 9.93. The zero-order valence-corrected chi connectivity index (χ0v) is 9.86. The van der Waals surface area contributed by atoms with E-state index in [0.717, 1.165) is 0 Å². The summed E-state index contributed by atoms with van der Waals surface area (Å²) in [6, 6.07) is 3.22. The summed E-state index contributed by atoms with van der Waals surface area (Å²) in [5.41, 5.74) is 10.4. The smallest absolute Gasteiger partial charge is 0.272 e. The van der Waals surface area contributed by atoms with Gasteiger partial charge in [0.25, 0.3) is 5.91 Å². The number of nitrogens with two attached hydrogens (primary N) is 2. The van der Waals surface area contributed by atoms with Crippen molar-refractivity contribution in [3.8, 4) is 0 Å². The van der Waals surface area contributed by atoms with Gasteiger partial charge in [-0.25, -0.2) is 4.98 Å². The van der Waals surface area contributed by atoms with Crippen molar-refractivity contribution in [2.75, 3.05) is 12.3 Å². The minimum absolute atomic E-state index is 0.136. The molecule has 0 spiro atoms. The van der Waals surface area contributed by atoms with Gasteiger partial charge in [0, 0.05) is 12.7 Å². The average Bonchev–Trinajstić information content (AvgIpc) is 2.26. The highest BCUT2D eigenvalue weighted by atomic mass is 16.2. The predicted octanol–water partition coefficient (Wildman–Crippen LogP) is -0.0949. The van der Waals surface area contributed by atoms with E-state index in [1.807, 2.05) is 0 Å². The molecule has 1 aromatic heterocycles. The summed E-state index contributed by atoms with van der Waals surface area (Å²) in [4.78, 5) is 26.7. The van der Waals surface area contributed by atoms with Gasteiger partial charge < -0.3 is 16.8 Å². The first kappa shape index (κ1) is 13.0. The van der Waals surface area contributed by atoms with Crippen LogP contribution in [0.1, 0.15) is 24.3 Å². The minimum Gasteiger partial charge on any atom is -0.397 e. The number of rotatable bonds is 4. The molecular formula is C11H16N4O2. The van der Waals surface area contributed by atoms with Crippen molar-refractivity contribution in [3.63, 3.8) is 0 Å². The highest BCUT2D eigenvalue weighted by molar-refractivity contribution is 5.97.